The molecule has 2 rings (SSSR count). The lowest BCUT2D eigenvalue weighted by Gasteiger charge is -2.06. The van der Waals surface area contributed by atoms with Crippen LogP contribution in [0.3, 0.4) is 0 Å². The van der Waals surface area contributed by atoms with E-state index in [1.807, 2.05) is 37.3 Å². The molecule has 0 bridgehead atoms. The highest BCUT2D eigenvalue weighted by Gasteiger charge is 2.01. The number of aromatic hydroxyl groups is 1. The van der Waals surface area contributed by atoms with Gasteiger partial charge in [-0.05, 0) is 30.7 Å². The smallest absolute Gasteiger partial charge is 0.128 e. The van der Waals surface area contributed by atoms with Crippen LogP contribution in [0.1, 0.15) is 18.9 Å². The van der Waals surface area contributed by atoms with Gasteiger partial charge >= 0.3 is 0 Å². The number of nitrogens with zero attached hydrogens (tertiary/aromatic N) is 1. The molecule has 21 heavy (non-hydrogen) atoms. The molecule has 0 heterocycles. The van der Waals surface area contributed by atoms with E-state index in [0.29, 0.717) is 17.9 Å². The fourth-order valence-electron chi connectivity index (χ4n) is 1.78. The van der Waals surface area contributed by atoms with Gasteiger partial charge in [-0.25, -0.2) is 0 Å². The predicted molar refractivity (Wildman–Crippen MR) is 84.1 cm³/mol. The molecular formula is C17H19NO3. The van der Waals surface area contributed by atoms with Crippen LogP contribution in [-0.2, 0) is 0 Å². The molecule has 0 unspecified atom stereocenters. The van der Waals surface area contributed by atoms with Crippen molar-refractivity contribution < 1.29 is 14.6 Å². The minimum absolute atomic E-state index is 0.148. The van der Waals surface area contributed by atoms with Crippen LogP contribution in [0.5, 0.6) is 17.2 Å². The summed E-state index contributed by atoms with van der Waals surface area (Å²) in [5, 5.41) is 9.97. The molecule has 0 aromatic heterocycles. The first-order chi connectivity index (χ1) is 10.2. The fraction of sp³-hybridized carbons (Fsp3) is 0.235. The standard InChI is InChI=1S/C17H19NO3/c1-3-9-21-16-8-7-13(17(19)11-16)12-18-14-5-4-6-15(10-14)20-2/h4-8,10-12,19H,3,9H2,1-2H3. The van der Waals surface area contributed by atoms with Crippen LogP contribution in [0, 0.1) is 0 Å². The second kappa shape index (κ2) is 7.33. The maximum atomic E-state index is 9.97. The number of phenolic OH excluding ortho intramolecular Hbond substituents is 1. The SMILES string of the molecule is CCCOc1ccc(C=Nc2cccc(OC)c2)c(O)c1. The number of aliphatic imine (C=N–C) groups is 1. The van der Waals surface area contributed by atoms with Gasteiger partial charge in [0.2, 0.25) is 0 Å². The number of benzene rings is 2. The van der Waals surface area contributed by atoms with Crippen molar-refractivity contribution in [2.45, 2.75) is 13.3 Å². The Hall–Kier alpha value is -2.49. The molecular weight excluding hydrogens is 266 g/mol. The van der Waals surface area contributed by atoms with Crippen molar-refractivity contribution in [2.24, 2.45) is 4.99 Å². The average molecular weight is 285 g/mol. The van der Waals surface area contributed by atoms with Gasteiger partial charge in [-0.15, -0.1) is 0 Å². The summed E-state index contributed by atoms with van der Waals surface area (Å²) < 4.78 is 10.6. The Balaban J connectivity index is 2.13. The van der Waals surface area contributed by atoms with Crippen LogP contribution in [0.2, 0.25) is 0 Å². The molecule has 2 aromatic carbocycles. The van der Waals surface area contributed by atoms with Crippen LogP contribution in [0.15, 0.2) is 47.5 Å². The minimum Gasteiger partial charge on any atom is -0.507 e. The Kier molecular flexibility index (Phi) is 5.21. The van der Waals surface area contributed by atoms with E-state index in [1.165, 1.54) is 0 Å². The van der Waals surface area contributed by atoms with E-state index in [0.717, 1.165) is 17.9 Å². The summed E-state index contributed by atoms with van der Waals surface area (Å²) in [5.41, 5.74) is 1.40. The summed E-state index contributed by atoms with van der Waals surface area (Å²) in [6, 6.07) is 12.6. The maximum Gasteiger partial charge on any atom is 0.128 e. The van der Waals surface area contributed by atoms with E-state index < -0.39 is 0 Å². The fourth-order valence-corrected chi connectivity index (χ4v) is 1.78. The molecule has 4 heteroatoms. The Morgan fingerprint density at radius 1 is 1.14 bits per heavy atom. The average Bonchev–Trinajstić information content (AvgIpc) is 2.52. The molecule has 0 saturated carbocycles. The highest BCUT2D eigenvalue weighted by molar-refractivity contribution is 5.85. The van der Waals surface area contributed by atoms with E-state index in [1.54, 1.807) is 25.5 Å². The first-order valence-electron chi connectivity index (χ1n) is 6.87. The van der Waals surface area contributed by atoms with Gasteiger partial charge in [-0.2, -0.15) is 0 Å². The first kappa shape index (κ1) is 14.9. The van der Waals surface area contributed by atoms with Gasteiger partial charge in [0.25, 0.3) is 0 Å². The van der Waals surface area contributed by atoms with Gasteiger partial charge in [-0.1, -0.05) is 13.0 Å². The molecule has 4 nitrogen and oxygen atoms in total. The molecule has 0 atom stereocenters. The van der Waals surface area contributed by atoms with Crippen molar-refractivity contribution in [2.75, 3.05) is 13.7 Å². The number of rotatable bonds is 6. The predicted octanol–water partition coefficient (Wildman–Crippen LogP) is 3.94. The minimum atomic E-state index is 0.148. The lowest BCUT2D eigenvalue weighted by molar-refractivity contribution is 0.315. The third kappa shape index (κ3) is 4.24. The molecule has 0 fully saturated rings. The van der Waals surface area contributed by atoms with Gasteiger partial charge in [0, 0.05) is 23.9 Å². The van der Waals surface area contributed by atoms with Gasteiger partial charge < -0.3 is 14.6 Å². The van der Waals surface area contributed by atoms with E-state index in [2.05, 4.69) is 4.99 Å². The molecule has 2 aromatic rings. The third-order valence-corrected chi connectivity index (χ3v) is 2.88. The third-order valence-electron chi connectivity index (χ3n) is 2.88. The quantitative estimate of drug-likeness (QED) is 0.818. The number of hydrogen-bond donors (Lipinski definition) is 1. The lowest BCUT2D eigenvalue weighted by atomic mass is 10.2. The molecule has 0 radical (unpaired) electrons. The number of phenols is 1. The van der Waals surface area contributed by atoms with Gasteiger partial charge in [0.15, 0.2) is 0 Å². The molecule has 0 spiro atoms. The van der Waals surface area contributed by atoms with E-state index in [-0.39, 0.29) is 5.75 Å². The van der Waals surface area contributed by atoms with Crippen LogP contribution >= 0.6 is 0 Å². The van der Waals surface area contributed by atoms with Gasteiger partial charge in [-0.3, -0.25) is 4.99 Å². The van der Waals surface area contributed by atoms with Crippen LogP contribution in [-0.4, -0.2) is 25.0 Å². The summed E-state index contributed by atoms with van der Waals surface area (Å²) in [4.78, 5) is 4.33. The van der Waals surface area contributed by atoms with E-state index >= 15 is 0 Å². The van der Waals surface area contributed by atoms with Crippen molar-refractivity contribution in [3.05, 3.63) is 48.0 Å². The van der Waals surface area contributed by atoms with Gasteiger partial charge in [0.05, 0.1) is 19.4 Å². The maximum absolute atomic E-state index is 9.97. The molecule has 0 amide bonds. The Morgan fingerprint density at radius 2 is 2.00 bits per heavy atom. The number of ether oxygens (including phenoxy) is 2. The molecule has 110 valence electrons. The zero-order valence-electron chi connectivity index (χ0n) is 12.2. The molecule has 0 aliphatic carbocycles. The summed E-state index contributed by atoms with van der Waals surface area (Å²) in [7, 11) is 1.61. The van der Waals surface area contributed by atoms with Crippen LogP contribution in [0.25, 0.3) is 0 Å². The van der Waals surface area contributed by atoms with Crippen molar-refractivity contribution in [1.29, 1.82) is 0 Å². The normalized spacial score (nSPS) is 10.8. The van der Waals surface area contributed by atoms with E-state index in [9.17, 15) is 5.11 Å². The van der Waals surface area contributed by atoms with Crippen molar-refractivity contribution in [1.82, 2.24) is 0 Å². The van der Waals surface area contributed by atoms with Crippen molar-refractivity contribution >= 4 is 11.9 Å². The van der Waals surface area contributed by atoms with Crippen LogP contribution < -0.4 is 9.47 Å². The number of hydrogen-bond acceptors (Lipinski definition) is 4. The molecule has 0 saturated heterocycles. The Morgan fingerprint density at radius 3 is 2.71 bits per heavy atom. The second-order valence-corrected chi connectivity index (χ2v) is 4.53. The monoisotopic (exact) mass is 285 g/mol. The summed E-state index contributed by atoms with van der Waals surface area (Å²) in [5.74, 6) is 1.56. The Labute approximate surface area is 124 Å². The number of methoxy groups -OCH3 is 1. The first-order valence-corrected chi connectivity index (χ1v) is 6.87. The van der Waals surface area contributed by atoms with Crippen molar-refractivity contribution in [3.8, 4) is 17.2 Å². The second-order valence-electron chi connectivity index (χ2n) is 4.53. The topological polar surface area (TPSA) is 51.0 Å². The summed E-state index contributed by atoms with van der Waals surface area (Å²) in [6.45, 7) is 2.67. The highest BCUT2D eigenvalue weighted by atomic mass is 16.5. The van der Waals surface area contributed by atoms with Gasteiger partial charge in [0.1, 0.15) is 17.2 Å². The molecule has 0 aliphatic rings. The highest BCUT2D eigenvalue weighted by Crippen LogP contribution is 2.24. The van der Waals surface area contributed by atoms with Crippen LogP contribution in [0.4, 0.5) is 5.69 Å². The summed E-state index contributed by atoms with van der Waals surface area (Å²) >= 11 is 0. The van der Waals surface area contributed by atoms with E-state index in [4.69, 9.17) is 9.47 Å². The largest absolute Gasteiger partial charge is 0.507 e. The Bertz CT molecular complexity index is 623. The summed E-state index contributed by atoms with van der Waals surface area (Å²) in [6.07, 6.45) is 2.55. The van der Waals surface area contributed by atoms with Crippen molar-refractivity contribution in [3.63, 3.8) is 0 Å². The molecule has 1 N–H and O–H groups in total. The zero-order valence-corrected chi connectivity index (χ0v) is 12.2. The molecule has 0 aliphatic heterocycles. The lowest BCUT2D eigenvalue weighted by Crippen LogP contribution is -1.95. The zero-order chi connectivity index (χ0) is 15.1.